The van der Waals surface area contributed by atoms with E-state index in [4.69, 9.17) is 4.74 Å². The second-order valence-corrected chi connectivity index (χ2v) is 9.52. The van der Waals surface area contributed by atoms with Crippen molar-refractivity contribution in [3.8, 4) is 0 Å². The Balaban J connectivity index is 1.57. The van der Waals surface area contributed by atoms with Crippen LogP contribution in [0.5, 0.6) is 0 Å². The molecule has 7 heteroatoms. The number of nitrogens with zero attached hydrogens (tertiary/aromatic N) is 2. The molecule has 0 aromatic heterocycles. The van der Waals surface area contributed by atoms with E-state index in [9.17, 15) is 14.4 Å². The van der Waals surface area contributed by atoms with Gasteiger partial charge >= 0.3 is 0 Å². The highest BCUT2D eigenvalue weighted by molar-refractivity contribution is 5.99. The number of likely N-dealkylation sites (tertiary alicyclic amines) is 1. The van der Waals surface area contributed by atoms with Gasteiger partial charge in [0.25, 0.3) is 5.91 Å². The zero-order chi connectivity index (χ0) is 22.2. The van der Waals surface area contributed by atoms with E-state index in [0.29, 0.717) is 43.8 Å². The van der Waals surface area contributed by atoms with Crippen LogP contribution in [0.2, 0.25) is 0 Å². The van der Waals surface area contributed by atoms with Crippen LogP contribution < -0.4 is 5.32 Å². The molecule has 1 aromatic rings. The maximum Gasteiger partial charge on any atom is 0.257 e. The van der Waals surface area contributed by atoms with Crippen molar-refractivity contribution < 1.29 is 19.1 Å². The van der Waals surface area contributed by atoms with Crippen molar-refractivity contribution in [2.45, 2.75) is 70.7 Å². The van der Waals surface area contributed by atoms with E-state index < -0.39 is 11.8 Å². The minimum absolute atomic E-state index is 0.139. The first kappa shape index (κ1) is 21.8. The number of nitrogens with one attached hydrogen (secondary N) is 1. The van der Waals surface area contributed by atoms with Gasteiger partial charge in [-0.25, -0.2) is 0 Å². The van der Waals surface area contributed by atoms with Gasteiger partial charge in [-0.1, -0.05) is 32.0 Å². The normalized spacial score (nSPS) is 22.8. The molecular formula is C24H33N3O4. The van der Waals surface area contributed by atoms with Crippen LogP contribution in [0.1, 0.15) is 61.9 Å². The number of carbonyl (C=O) groups is 3. The maximum absolute atomic E-state index is 13.7. The fourth-order valence-corrected chi connectivity index (χ4v) is 4.62. The van der Waals surface area contributed by atoms with Gasteiger partial charge in [-0.05, 0) is 37.3 Å². The number of amides is 3. The predicted octanol–water partition coefficient (Wildman–Crippen LogP) is 2.48. The van der Waals surface area contributed by atoms with Gasteiger partial charge in [0, 0.05) is 44.0 Å². The number of rotatable bonds is 5. The molecule has 31 heavy (non-hydrogen) atoms. The van der Waals surface area contributed by atoms with Crippen LogP contribution in [-0.2, 0) is 14.3 Å². The first-order valence-electron chi connectivity index (χ1n) is 11.4. The van der Waals surface area contributed by atoms with Gasteiger partial charge in [0.15, 0.2) is 0 Å². The second kappa shape index (κ2) is 8.61. The van der Waals surface area contributed by atoms with E-state index in [0.717, 1.165) is 18.4 Å². The molecule has 0 unspecified atom stereocenters. The molecular weight excluding hydrogens is 394 g/mol. The van der Waals surface area contributed by atoms with Crippen molar-refractivity contribution in [1.82, 2.24) is 15.1 Å². The van der Waals surface area contributed by atoms with Crippen LogP contribution in [0.4, 0.5) is 0 Å². The maximum atomic E-state index is 13.7. The number of hydrogen-bond donors (Lipinski definition) is 1. The summed E-state index contributed by atoms with van der Waals surface area (Å²) in [6.07, 6.45) is 3.53. The topological polar surface area (TPSA) is 79.0 Å². The smallest absolute Gasteiger partial charge is 0.257 e. The number of carbonyl (C=O) groups excluding carboxylic acids is 3. The predicted molar refractivity (Wildman–Crippen MR) is 116 cm³/mol. The molecule has 1 aromatic carbocycles. The molecule has 4 rings (SSSR count). The zero-order valence-corrected chi connectivity index (χ0v) is 18.7. The number of ether oxygens (including phenoxy) is 1. The summed E-state index contributed by atoms with van der Waals surface area (Å²) >= 11 is 0. The summed E-state index contributed by atoms with van der Waals surface area (Å²) in [5.74, 6) is 0.136. The molecule has 2 aliphatic heterocycles. The molecule has 1 spiro atoms. The van der Waals surface area contributed by atoms with E-state index in [-0.39, 0.29) is 30.4 Å². The molecule has 1 atom stereocenters. The molecule has 3 aliphatic rings. The van der Waals surface area contributed by atoms with Crippen LogP contribution in [-0.4, -0.2) is 65.0 Å². The lowest BCUT2D eigenvalue weighted by molar-refractivity contribution is -0.144. The summed E-state index contributed by atoms with van der Waals surface area (Å²) in [4.78, 5) is 42.8. The van der Waals surface area contributed by atoms with Crippen molar-refractivity contribution in [2.75, 3.05) is 19.7 Å². The Morgan fingerprint density at radius 2 is 1.84 bits per heavy atom. The van der Waals surface area contributed by atoms with E-state index in [1.54, 1.807) is 11.0 Å². The van der Waals surface area contributed by atoms with Crippen LogP contribution in [0.15, 0.2) is 24.3 Å². The number of benzene rings is 1. The lowest BCUT2D eigenvalue weighted by Crippen LogP contribution is -2.60. The average Bonchev–Trinajstić information content (AvgIpc) is 3.47. The lowest BCUT2D eigenvalue weighted by Gasteiger charge is -2.44. The van der Waals surface area contributed by atoms with Crippen molar-refractivity contribution in [2.24, 2.45) is 5.92 Å². The van der Waals surface area contributed by atoms with E-state index >= 15 is 0 Å². The van der Waals surface area contributed by atoms with Gasteiger partial charge in [-0.3, -0.25) is 19.3 Å². The SMILES string of the molecule is Cc1ccccc1C(=O)N1[C@@H](C(=O)NC2CC2)COC12CCN(C(=O)CC(C)C)CC2. The first-order chi connectivity index (χ1) is 14.8. The monoisotopic (exact) mass is 427 g/mol. The van der Waals surface area contributed by atoms with Gasteiger partial charge in [0.05, 0.1) is 6.61 Å². The quantitative estimate of drug-likeness (QED) is 0.783. The van der Waals surface area contributed by atoms with Crippen LogP contribution in [0.3, 0.4) is 0 Å². The summed E-state index contributed by atoms with van der Waals surface area (Å²) < 4.78 is 6.23. The molecule has 1 saturated carbocycles. The summed E-state index contributed by atoms with van der Waals surface area (Å²) in [6.45, 7) is 7.23. The molecule has 3 fully saturated rings. The molecule has 3 amide bonds. The number of hydrogen-bond acceptors (Lipinski definition) is 4. The van der Waals surface area contributed by atoms with Crippen LogP contribution in [0.25, 0.3) is 0 Å². The Bertz CT molecular complexity index is 856. The third kappa shape index (κ3) is 4.47. The number of aryl methyl sites for hydroxylation is 1. The summed E-state index contributed by atoms with van der Waals surface area (Å²) in [5, 5.41) is 3.04. The van der Waals surface area contributed by atoms with Crippen LogP contribution in [0, 0.1) is 12.8 Å². The van der Waals surface area contributed by atoms with Gasteiger partial charge in [-0.15, -0.1) is 0 Å². The van der Waals surface area contributed by atoms with Gasteiger partial charge in [-0.2, -0.15) is 0 Å². The zero-order valence-electron chi connectivity index (χ0n) is 18.7. The minimum atomic E-state index is -0.848. The Morgan fingerprint density at radius 3 is 2.45 bits per heavy atom. The Labute approximate surface area is 184 Å². The summed E-state index contributed by atoms with van der Waals surface area (Å²) in [7, 11) is 0. The van der Waals surface area contributed by atoms with E-state index in [2.05, 4.69) is 5.32 Å². The first-order valence-corrected chi connectivity index (χ1v) is 11.4. The molecule has 168 valence electrons. The Morgan fingerprint density at radius 1 is 1.16 bits per heavy atom. The Kier molecular flexibility index (Phi) is 6.06. The third-order valence-electron chi connectivity index (χ3n) is 6.56. The van der Waals surface area contributed by atoms with Gasteiger partial charge in [0.2, 0.25) is 11.8 Å². The third-order valence-corrected chi connectivity index (χ3v) is 6.56. The van der Waals surface area contributed by atoms with Gasteiger partial charge < -0.3 is 15.0 Å². The largest absolute Gasteiger partial charge is 0.353 e. The fraction of sp³-hybridized carbons (Fsp3) is 0.625. The average molecular weight is 428 g/mol. The standard InChI is InChI=1S/C24H33N3O4/c1-16(2)14-21(28)26-12-10-24(11-13-26)27(23(30)19-7-5-4-6-17(19)3)20(15-31-24)22(29)25-18-8-9-18/h4-7,16,18,20H,8-15H2,1-3H3,(H,25,29)/t20-/m1/s1. The molecule has 7 nitrogen and oxygen atoms in total. The summed E-state index contributed by atoms with van der Waals surface area (Å²) in [6, 6.07) is 7.03. The molecule has 2 saturated heterocycles. The van der Waals surface area contributed by atoms with Crippen molar-refractivity contribution in [3.05, 3.63) is 35.4 Å². The highest BCUT2D eigenvalue weighted by Gasteiger charge is 2.54. The summed E-state index contributed by atoms with van der Waals surface area (Å²) in [5.41, 5.74) is 0.620. The van der Waals surface area contributed by atoms with Crippen molar-refractivity contribution >= 4 is 17.7 Å². The lowest BCUT2D eigenvalue weighted by atomic mass is 9.95. The molecule has 0 bridgehead atoms. The highest BCUT2D eigenvalue weighted by Crippen LogP contribution is 2.39. The van der Waals surface area contributed by atoms with Crippen molar-refractivity contribution in [1.29, 1.82) is 0 Å². The number of piperidine rings is 1. The molecule has 1 N–H and O–H groups in total. The molecule has 1 aliphatic carbocycles. The van der Waals surface area contributed by atoms with E-state index in [1.807, 2.05) is 43.9 Å². The van der Waals surface area contributed by atoms with Crippen LogP contribution >= 0.6 is 0 Å². The Hall–Kier alpha value is -2.41. The fourth-order valence-electron chi connectivity index (χ4n) is 4.62. The van der Waals surface area contributed by atoms with Gasteiger partial charge in [0.1, 0.15) is 11.8 Å². The minimum Gasteiger partial charge on any atom is -0.353 e. The van der Waals surface area contributed by atoms with E-state index in [1.165, 1.54) is 0 Å². The highest BCUT2D eigenvalue weighted by atomic mass is 16.5. The molecule has 2 heterocycles. The van der Waals surface area contributed by atoms with Crippen molar-refractivity contribution in [3.63, 3.8) is 0 Å². The molecule has 0 radical (unpaired) electrons. The second-order valence-electron chi connectivity index (χ2n) is 9.52.